The van der Waals surface area contributed by atoms with Crippen molar-refractivity contribution in [1.29, 1.82) is 0 Å². The number of benzene rings is 1. The summed E-state index contributed by atoms with van der Waals surface area (Å²) >= 11 is 0. The van der Waals surface area contributed by atoms with Crippen molar-refractivity contribution in [3.05, 3.63) is 59.4 Å². The SMILES string of the molecule is O=C(NC(C(=O)N[C@H]1CCc2ccn3c2C1C(=O)C[C@H](C(=O)O)C3)C1CCC1)c1ccccc1. The van der Waals surface area contributed by atoms with Gasteiger partial charge in [-0.25, -0.2) is 0 Å². The van der Waals surface area contributed by atoms with Crippen LogP contribution in [0.5, 0.6) is 0 Å². The molecule has 2 amide bonds. The van der Waals surface area contributed by atoms with E-state index in [2.05, 4.69) is 10.6 Å². The van der Waals surface area contributed by atoms with Crippen LogP contribution < -0.4 is 10.6 Å². The zero-order chi connectivity index (χ0) is 23.8. The lowest BCUT2D eigenvalue weighted by Crippen LogP contribution is -2.56. The summed E-state index contributed by atoms with van der Waals surface area (Å²) in [6.45, 7) is 0.255. The molecule has 8 nitrogen and oxygen atoms in total. The fourth-order valence-electron chi connectivity index (χ4n) is 5.57. The average molecular weight is 464 g/mol. The fourth-order valence-corrected chi connectivity index (χ4v) is 5.57. The van der Waals surface area contributed by atoms with Gasteiger partial charge in [0.05, 0.1) is 11.8 Å². The molecule has 2 aliphatic carbocycles. The number of hydrogen-bond acceptors (Lipinski definition) is 4. The van der Waals surface area contributed by atoms with E-state index in [9.17, 15) is 24.3 Å². The van der Waals surface area contributed by atoms with Crippen LogP contribution in [-0.2, 0) is 27.3 Å². The molecule has 8 heteroatoms. The van der Waals surface area contributed by atoms with Crippen LogP contribution in [0, 0.1) is 11.8 Å². The highest BCUT2D eigenvalue weighted by molar-refractivity contribution is 5.98. The monoisotopic (exact) mass is 463 g/mol. The summed E-state index contributed by atoms with van der Waals surface area (Å²) in [6.07, 6.45) is 5.87. The van der Waals surface area contributed by atoms with Crippen LogP contribution in [0.2, 0.25) is 0 Å². The molecule has 3 N–H and O–H groups in total. The summed E-state index contributed by atoms with van der Waals surface area (Å²) in [4.78, 5) is 51.2. The first-order valence-electron chi connectivity index (χ1n) is 12.0. The second kappa shape index (κ2) is 9.08. The molecule has 0 bridgehead atoms. The Balaban J connectivity index is 1.37. The summed E-state index contributed by atoms with van der Waals surface area (Å²) < 4.78 is 1.88. The predicted octanol–water partition coefficient (Wildman–Crippen LogP) is 2.27. The van der Waals surface area contributed by atoms with Gasteiger partial charge in [-0.2, -0.15) is 0 Å². The Morgan fingerprint density at radius 3 is 2.50 bits per heavy atom. The maximum atomic E-state index is 13.5. The number of carboxylic acid groups (broad SMARTS) is 1. The van der Waals surface area contributed by atoms with Gasteiger partial charge >= 0.3 is 5.97 Å². The molecule has 178 valence electrons. The van der Waals surface area contributed by atoms with E-state index in [4.69, 9.17) is 0 Å². The fraction of sp³-hybridized carbons (Fsp3) is 0.462. The summed E-state index contributed by atoms with van der Waals surface area (Å²) in [5.74, 6) is -2.97. The number of Topliss-reactive ketones (excluding diaryl/α,β-unsaturated/α-hetero) is 1. The van der Waals surface area contributed by atoms with Crippen molar-refractivity contribution in [1.82, 2.24) is 15.2 Å². The molecular weight excluding hydrogens is 434 g/mol. The lowest BCUT2D eigenvalue weighted by molar-refractivity contribution is -0.144. The van der Waals surface area contributed by atoms with Gasteiger partial charge in [0, 0.05) is 36.5 Å². The topological polar surface area (TPSA) is 118 Å². The molecule has 34 heavy (non-hydrogen) atoms. The van der Waals surface area contributed by atoms with Gasteiger partial charge in [-0.05, 0) is 55.4 Å². The van der Waals surface area contributed by atoms with Crippen LogP contribution in [0.3, 0.4) is 0 Å². The maximum absolute atomic E-state index is 13.5. The number of nitrogens with zero attached hydrogens (tertiary/aromatic N) is 1. The zero-order valence-corrected chi connectivity index (χ0v) is 18.9. The van der Waals surface area contributed by atoms with E-state index in [1.807, 2.05) is 22.9 Å². The van der Waals surface area contributed by atoms with Crippen molar-refractivity contribution in [3.8, 4) is 0 Å². The van der Waals surface area contributed by atoms with Crippen LogP contribution in [0.1, 0.15) is 59.6 Å². The van der Waals surface area contributed by atoms with Crippen LogP contribution in [0.4, 0.5) is 0 Å². The Kier molecular flexibility index (Phi) is 5.98. The molecule has 1 aliphatic heterocycles. The summed E-state index contributed by atoms with van der Waals surface area (Å²) in [7, 11) is 0. The molecule has 1 aromatic carbocycles. The second-order valence-electron chi connectivity index (χ2n) is 9.72. The highest BCUT2D eigenvalue weighted by atomic mass is 16.4. The van der Waals surface area contributed by atoms with Crippen LogP contribution in [0.15, 0.2) is 42.6 Å². The standard InChI is InChI=1S/C26H29N3O5/c30-20-13-18(26(33)34)14-29-12-11-16-9-10-19(21(20)23(16)29)27-25(32)22(15-7-4-8-15)28-24(31)17-5-2-1-3-6-17/h1-3,5-6,11-12,15,18-19,21-22H,4,7-10,13-14H2,(H,27,32)(H,28,31)(H,33,34)/t18-,19-,21?,22?/m0/s1. The first-order valence-corrected chi connectivity index (χ1v) is 12.0. The molecule has 0 saturated heterocycles. The number of aryl methyl sites for hydroxylation is 1. The number of carbonyl (C=O) groups excluding carboxylic acids is 3. The first kappa shape index (κ1) is 22.4. The van der Waals surface area contributed by atoms with E-state index in [1.54, 1.807) is 24.3 Å². The predicted molar refractivity (Wildman–Crippen MR) is 123 cm³/mol. The molecule has 1 fully saturated rings. The minimum Gasteiger partial charge on any atom is -0.481 e. The van der Waals surface area contributed by atoms with Crippen molar-refractivity contribution in [3.63, 3.8) is 0 Å². The van der Waals surface area contributed by atoms with E-state index in [0.717, 1.165) is 30.5 Å². The third-order valence-electron chi connectivity index (χ3n) is 7.63. The highest BCUT2D eigenvalue weighted by Gasteiger charge is 2.43. The third kappa shape index (κ3) is 4.13. The van der Waals surface area contributed by atoms with Gasteiger partial charge in [0.2, 0.25) is 5.91 Å². The molecule has 2 heterocycles. The summed E-state index contributed by atoms with van der Waals surface area (Å²) in [5.41, 5.74) is 2.38. The van der Waals surface area contributed by atoms with E-state index >= 15 is 0 Å². The maximum Gasteiger partial charge on any atom is 0.308 e. The third-order valence-corrected chi connectivity index (χ3v) is 7.63. The van der Waals surface area contributed by atoms with Gasteiger partial charge in [0.15, 0.2) is 0 Å². The quantitative estimate of drug-likeness (QED) is 0.608. The Morgan fingerprint density at radius 1 is 1.06 bits per heavy atom. The minimum absolute atomic E-state index is 0.0513. The molecule has 1 saturated carbocycles. The number of aliphatic carboxylic acids is 1. The number of amides is 2. The molecule has 0 spiro atoms. The van der Waals surface area contributed by atoms with Crippen LogP contribution >= 0.6 is 0 Å². The van der Waals surface area contributed by atoms with Gasteiger partial charge in [0.25, 0.3) is 5.91 Å². The molecular formula is C26H29N3O5. The number of hydrogen-bond donors (Lipinski definition) is 3. The average Bonchev–Trinajstić information content (AvgIpc) is 3.12. The Morgan fingerprint density at radius 2 is 1.82 bits per heavy atom. The van der Waals surface area contributed by atoms with Gasteiger partial charge in [-0.15, -0.1) is 0 Å². The van der Waals surface area contributed by atoms with Crippen LogP contribution in [-0.4, -0.2) is 45.3 Å². The molecule has 2 unspecified atom stereocenters. The number of nitrogens with one attached hydrogen (secondary N) is 2. The van der Waals surface area contributed by atoms with Crippen molar-refractivity contribution in [2.24, 2.45) is 11.8 Å². The van der Waals surface area contributed by atoms with Crippen molar-refractivity contribution in [2.45, 2.75) is 63.1 Å². The number of carbonyl (C=O) groups is 4. The number of rotatable bonds is 6. The lowest BCUT2D eigenvalue weighted by Gasteiger charge is -2.37. The number of aromatic nitrogens is 1. The van der Waals surface area contributed by atoms with Crippen molar-refractivity contribution < 1.29 is 24.3 Å². The van der Waals surface area contributed by atoms with Crippen molar-refractivity contribution in [2.75, 3.05) is 0 Å². The normalized spacial score (nSPS) is 24.8. The van der Waals surface area contributed by atoms with Crippen molar-refractivity contribution >= 4 is 23.6 Å². The van der Waals surface area contributed by atoms with E-state index < -0.39 is 29.9 Å². The lowest BCUT2D eigenvalue weighted by atomic mass is 9.77. The largest absolute Gasteiger partial charge is 0.481 e. The summed E-state index contributed by atoms with van der Waals surface area (Å²) in [5, 5.41) is 15.6. The smallest absolute Gasteiger partial charge is 0.308 e. The number of ketones is 1. The first-order chi connectivity index (χ1) is 16.4. The van der Waals surface area contributed by atoms with E-state index in [-0.39, 0.29) is 36.5 Å². The Hall–Kier alpha value is -3.42. The summed E-state index contributed by atoms with van der Waals surface area (Å²) in [6, 6.07) is 9.69. The van der Waals surface area contributed by atoms with Crippen LogP contribution in [0.25, 0.3) is 0 Å². The van der Waals surface area contributed by atoms with Gasteiger partial charge in [-0.1, -0.05) is 24.6 Å². The Labute approximate surface area is 197 Å². The Bertz CT molecular complexity index is 1120. The molecule has 4 atom stereocenters. The molecule has 1 aromatic heterocycles. The highest BCUT2D eigenvalue weighted by Crippen LogP contribution is 2.38. The number of carboxylic acids is 1. The second-order valence-corrected chi connectivity index (χ2v) is 9.72. The van der Waals surface area contributed by atoms with Gasteiger partial charge < -0.3 is 20.3 Å². The molecule has 5 rings (SSSR count). The van der Waals surface area contributed by atoms with E-state index in [1.165, 1.54) is 0 Å². The molecule has 2 aromatic rings. The minimum atomic E-state index is -0.983. The van der Waals surface area contributed by atoms with Gasteiger partial charge in [0.1, 0.15) is 11.8 Å². The molecule has 0 radical (unpaired) electrons. The zero-order valence-electron chi connectivity index (χ0n) is 18.9. The van der Waals surface area contributed by atoms with E-state index in [0.29, 0.717) is 18.4 Å². The van der Waals surface area contributed by atoms with Gasteiger partial charge in [-0.3, -0.25) is 19.2 Å². The molecule has 3 aliphatic rings.